The van der Waals surface area contributed by atoms with Crippen LogP contribution in [0.25, 0.3) is 0 Å². The van der Waals surface area contributed by atoms with Gasteiger partial charge in [0.15, 0.2) is 0 Å². The smallest absolute Gasteiger partial charge is 0.230 e. The van der Waals surface area contributed by atoms with Crippen LogP contribution >= 0.6 is 12.4 Å². The highest BCUT2D eigenvalue weighted by molar-refractivity contribution is 5.85. The highest BCUT2D eigenvalue weighted by atomic mass is 35.5. The van der Waals surface area contributed by atoms with Crippen molar-refractivity contribution in [2.24, 2.45) is 11.1 Å². The summed E-state index contributed by atoms with van der Waals surface area (Å²) in [6.45, 7) is 3.32. The number of carbonyl (C=O) groups is 1. The largest absolute Gasteiger partial charge is 0.378 e. The molecule has 1 aliphatic heterocycles. The van der Waals surface area contributed by atoms with Crippen molar-refractivity contribution in [2.75, 3.05) is 32.8 Å². The van der Waals surface area contributed by atoms with Gasteiger partial charge in [0.2, 0.25) is 5.91 Å². The quantitative estimate of drug-likeness (QED) is 0.786. The summed E-state index contributed by atoms with van der Waals surface area (Å²) >= 11 is 0. The fraction of sp³-hybridized carbons (Fsp3) is 0.909. The maximum absolute atomic E-state index is 12.3. The first-order chi connectivity index (χ1) is 7.28. The summed E-state index contributed by atoms with van der Waals surface area (Å²) in [7, 11) is 0. The number of hydrogen-bond donors (Lipinski definition) is 1. The van der Waals surface area contributed by atoms with Gasteiger partial charge in [0.1, 0.15) is 0 Å². The molecule has 4 nitrogen and oxygen atoms in total. The molecule has 0 aromatic heterocycles. The Hall–Kier alpha value is -0.320. The number of halogens is 1. The van der Waals surface area contributed by atoms with Crippen LogP contribution < -0.4 is 5.73 Å². The van der Waals surface area contributed by atoms with E-state index in [1.54, 1.807) is 0 Å². The van der Waals surface area contributed by atoms with Crippen molar-refractivity contribution in [3.8, 4) is 0 Å². The molecule has 1 saturated carbocycles. The molecule has 0 spiro atoms. The Bertz CT molecular complexity index is 236. The molecule has 16 heavy (non-hydrogen) atoms. The Balaban J connectivity index is 0.00000128. The number of ether oxygens (including phenoxy) is 1. The SMILES string of the molecule is Cl.NCC1(C(=O)N2CCOCC2)CCCC1. The van der Waals surface area contributed by atoms with Crippen LogP contribution in [0.1, 0.15) is 25.7 Å². The predicted octanol–water partition coefficient (Wildman–Crippen LogP) is 0.786. The van der Waals surface area contributed by atoms with Crippen LogP contribution in [0, 0.1) is 5.41 Å². The maximum atomic E-state index is 12.3. The molecule has 1 aliphatic carbocycles. The molecule has 2 fully saturated rings. The second-order valence-electron chi connectivity index (χ2n) is 4.60. The van der Waals surface area contributed by atoms with E-state index in [1.807, 2.05) is 4.90 Å². The van der Waals surface area contributed by atoms with E-state index in [0.717, 1.165) is 38.8 Å². The van der Waals surface area contributed by atoms with Gasteiger partial charge in [0, 0.05) is 19.6 Å². The van der Waals surface area contributed by atoms with Crippen molar-refractivity contribution in [3.05, 3.63) is 0 Å². The van der Waals surface area contributed by atoms with E-state index >= 15 is 0 Å². The van der Waals surface area contributed by atoms with E-state index in [-0.39, 0.29) is 23.7 Å². The lowest BCUT2D eigenvalue weighted by atomic mass is 9.84. The van der Waals surface area contributed by atoms with E-state index in [1.165, 1.54) is 0 Å². The molecule has 0 aromatic rings. The van der Waals surface area contributed by atoms with Gasteiger partial charge in [-0.25, -0.2) is 0 Å². The number of hydrogen-bond acceptors (Lipinski definition) is 3. The number of morpholine rings is 1. The van der Waals surface area contributed by atoms with Gasteiger partial charge in [-0.15, -0.1) is 12.4 Å². The summed E-state index contributed by atoms with van der Waals surface area (Å²) < 4.78 is 5.25. The van der Waals surface area contributed by atoms with Crippen molar-refractivity contribution in [3.63, 3.8) is 0 Å². The Labute approximate surface area is 103 Å². The van der Waals surface area contributed by atoms with Crippen LogP contribution in [0.5, 0.6) is 0 Å². The molecule has 94 valence electrons. The predicted molar refractivity (Wildman–Crippen MR) is 64.6 cm³/mol. The zero-order chi connectivity index (χ0) is 10.7. The van der Waals surface area contributed by atoms with Crippen LogP contribution in [-0.4, -0.2) is 43.7 Å². The van der Waals surface area contributed by atoms with E-state index in [9.17, 15) is 4.79 Å². The first kappa shape index (κ1) is 13.7. The van der Waals surface area contributed by atoms with Crippen LogP contribution in [0.2, 0.25) is 0 Å². The molecule has 2 rings (SSSR count). The third kappa shape index (κ3) is 2.50. The van der Waals surface area contributed by atoms with E-state index < -0.39 is 0 Å². The molecule has 2 aliphatic rings. The summed E-state index contributed by atoms with van der Waals surface area (Å²) in [4.78, 5) is 14.3. The molecule has 5 heteroatoms. The third-order valence-corrected chi connectivity index (χ3v) is 3.70. The number of carbonyl (C=O) groups excluding carboxylic acids is 1. The van der Waals surface area contributed by atoms with E-state index in [0.29, 0.717) is 19.8 Å². The summed E-state index contributed by atoms with van der Waals surface area (Å²) in [5.41, 5.74) is 5.56. The van der Waals surface area contributed by atoms with Crippen LogP contribution in [0.4, 0.5) is 0 Å². The van der Waals surface area contributed by atoms with Gasteiger partial charge in [-0.1, -0.05) is 12.8 Å². The van der Waals surface area contributed by atoms with Gasteiger partial charge in [-0.05, 0) is 12.8 Å². The van der Waals surface area contributed by atoms with Crippen molar-refractivity contribution in [1.29, 1.82) is 0 Å². The van der Waals surface area contributed by atoms with Crippen LogP contribution in [-0.2, 0) is 9.53 Å². The molecule has 1 heterocycles. The topological polar surface area (TPSA) is 55.6 Å². The van der Waals surface area contributed by atoms with Crippen molar-refractivity contribution >= 4 is 18.3 Å². The Morgan fingerprint density at radius 1 is 1.25 bits per heavy atom. The Morgan fingerprint density at radius 3 is 2.31 bits per heavy atom. The molecule has 0 radical (unpaired) electrons. The lowest BCUT2D eigenvalue weighted by Gasteiger charge is -2.35. The summed E-state index contributed by atoms with van der Waals surface area (Å²) in [6, 6.07) is 0. The van der Waals surface area contributed by atoms with Crippen LogP contribution in [0.15, 0.2) is 0 Å². The molecular formula is C11H21ClN2O2. The minimum absolute atomic E-state index is 0. The second-order valence-corrected chi connectivity index (χ2v) is 4.60. The first-order valence-electron chi connectivity index (χ1n) is 5.86. The zero-order valence-electron chi connectivity index (χ0n) is 9.61. The molecule has 1 amide bonds. The number of nitrogens with zero attached hydrogens (tertiary/aromatic N) is 1. The van der Waals surface area contributed by atoms with Crippen molar-refractivity contribution < 1.29 is 9.53 Å². The molecule has 0 unspecified atom stereocenters. The minimum atomic E-state index is -0.239. The molecule has 1 saturated heterocycles. The standard InChI is InChI=1S/C11H20N2O2.ClH/c12-9-11(3-1-2-4-11)10(14)13-5-7-15-8-6-13;/h1-9,12H2;1H. The van der Waals surface area contributed by atoms with Gasteiger partial charge in [0.05, 0.1) is 18.6 Å². The number of rotatable bonds is 2. The van der Waals surface area contributed by atoms with E-state index in [4.69, 9.17) is 10.5 Å². The molecule has 0 aromatic carbocycles. The maximum Gasteiger partial charge on any atom is 0.230 e. The summed E-state index contributed by atoms with van der Waals surface area (Å²) in [6.07, 6.45) is 4.24. The van der Waals surface area contributed by atoms with E-state index in [2.05, 4.69) is 0 Å². The lowest BCUT2D eigenvalue weighted by Crippen LogP contribution is -2.50. The average molecular weight is 249 g/mol. The average Bonchev–Trinajstić information content (AvgIpc) is 2.79. The van der Waals surface area contributed by atoms with Crippen molar-refractivity contribution in [2.45, 2.75) is 25.7 Å². The van der Waals surface area contributed by atoms with Gasteiger partial charge >= 0.3 is 0 Å². The lowest BCUT2D eigenvalue weighted by molar-refractivity contribution is -0.145. The third-order valence-electron chi connectivity index (χ3n) is 3.70. The normalized spacial score (nSPS) is 23.9. The first-order valence-corrected chi connectivity index (χ1v) is 5.86. The molecule has 0 bridgehead atoms. The van der Waals surface area contributed by atoms with Gasteiger partial charge < -0.3 is 15.4 Å². The molecular weight excluding hydrogens is 228 g/mol. The highest BCUT2D eigenvalue weighted by Crippen LogP contribution is 2.38. The Morgan fingerprint density at radius 2 is 1.81 bits per heavy atom. The number of nitrogens with two attached hydrogens (primary N) is 1. The van der Waals surface area contributed by atoms with Gasteiger partial charge in [0.25, 0.3) is 0 Å². The summed E-state index contributed by atoms with van der Waals surface area (Å²) in [5, 5.41) is 0. The number of amides is 1. The van der Waals surface area contributed by atoms with Crippen LogP contribution in [0.3, 0.4) is 0 Å². The van der Waals surface area contributed by atoms with Gasteiger partial charge in [-0.2, -0.15) is 0 Å². The highest BCUT2D eigenvalue weighted by Gasteiger charge is 2.42. The van der Waals surface area contributed by atoms with Gasteiger partial charge in [-0.3, -0.25) is 4.79 Å². The second kappa shape index (κ2) is 5.84. The monoisotopic (exact) mass is 248 g/mol. The Kier molecular flexibility index (Phi) is 5.02. The minimum Gasteiger partial charge on any atom is -0.378 e. The molecule has 2 N–H and O–H groups in total. The van der Waals surface area contributed by atoms with Crippen molar-refractivity contribution in [1.82, 2.24) is 4.90 Å². The zero-order valence-corrected chi connectivity index (χ0v) is 10.4. The fourth-order valence-electron chi connectivity index (χ4n) is 2.66. The fourth-order valence-corrected chi connectivity index (χ4v) is 2.66. The summed E-state index contributed by atoms with van der Waals surface area (Å²) in [5.74, 6) is 0.269. The molecule has 0 atom stereocenters.